The van der Waals surface area contributed by atoms with E-state index in [4.69, 9.17) is 4.99 Å². The van der Waals surface area contributed by atoms with Crippen LogP contribution in [-0.2, 0) is 0 Å². The van der Waals surface area contributed by atoms with Gasteiger partial charge in [0, 0.05) is 18.2 Å². The molecule has 2 nitrogen and oxygen atoms in total. The molecule has 4 rings (SSSR count). The maximum atomic E-state index is 4.96. The number of rotatable bonds is 2. The summed E-state index contributed by atoms with van der Waals surface area (Å²) in [5, 5.41) is 0. The van der Waals surface area contributed by atoms with Crippen molar-refractivity contribution in [3.63, 3.8) is 0 Å². The Morgan fingerprint density at radius 1 is 1.24 bits per heavy atom. The predicted octanol–water partition coefficient (Wildman–Crippen LogP) is 2.91. The Morgan fingerprint density at radius 3 is 2.53 bits per heavy atom. The summed E-state index contributed by atoms with van der Waals surface area (Å²) in [4.78, 5) is 7.50. The second-order valence-electron chi connectivity index (χ2n) is 5.26. The third kappa shape index (κ3) is 2.27. The van der Waals surface area contributed by atoms with E-state index in [0.717, 1.165) is 12.5 Å². The first-order chi connectivity index (χ1) is 8.33. The molecule has 0 amide bonds. The number of piperidine rings is 3. The molecule has 3 fully saturated rings. The lowest BCUT2D eigenvalue weighted by atomic mass is 10.0. The van der Waals surface area contributed by atoms with Gasteiger partial charge < -0.3 is 0 Å². The van der Waals surface area contributed by atoms with E-state index < -0.39 is 0 Å². The molecule has 3 aliphatic rings. The third-order valence-corrected chi connectivity index (χ3v) is 4.09. The number of hydrogen-bond acceptors (Lipinski definition) is 2. The van der Waals surface area contributed by atoms with Crippen LogP contribution in [0.5, 0.6) is 0 Å². The summed E-state index contributed by atoms with van der Waals surface area (Å²) in [6, 6.07) is 10.9. The van der Waals surface area contributed by atoms with E-state index in [1.54, 1.807) is 0 Å². The van der Waals surface area contributed by atoms with Gasteiger partial charge >= 0.3 is 0 Å². The summed E-state index contributed by atoms with van der Waals surface area (Å²) in [5.74, 6) is 0.770. The van der Waals surface area contributed by atoms with E-state index >= 15 is 0 Å². The van der Waals surface area contributed by atoms with Crippen molar-refractivity contribution in [1.29, 1.82) is 0 Å². The van der Waals surface area contributed by atoms with E-state index in [1.165, 1.54) is 37.2 Å². The number of aliphatic imine (C=N–C) groups is 1. The van der Waals surface area contributed by atoms with Crippen LogP contribution < -0.4 is 0 Å². The van der Waals surface area contributed by atoms with Gasteiger partial charge in [-0.25, -0.2) is 0 Å². The summed E-state index contributed by atoms with van der Waals surface area (Å²) in [5.41, 5.74) is 2.77. The summed E-state index contributed by atoms with van der Waals surface area (Å²) >= 11 is 0. The first kappa shape index (κ1) is 11.0. The first-order valence-electron chi connectivity index (χ1n) is 6.67. The zero-order chi connectivity index (χ0) is 11.7. The Balaban J connectivity index is 1.78. The topological polar surface area (TPSA) is 15.6 Å². The average molecular weight is 230 g/mol. The van der Waals surface area contributed by atoms with E-state index in [-0.39, 0.29) is 0 Å². The highest BCUT2D eigenvalue weighted by Gasteiger charge is 2.30. The van der Waals surface area contributed by atoms with Crippen molar-refractivity contribution in [2.45, 2.75) is 25.8 Å². The molecule has 3 heterocycles. The van der Waals surface area contributed by atoms with Crippen LogP contribution in [0.15, 0.2) is 35.3 Å². The highest BCUT2D eigenvalue weighted by Crippen LogP contribution is 2.27. The van der Waals surface area contributed by atoms with Gasteiger partial charge in [-0.3, -0.25) is 9.89 Å². The third-order valence-electron chi connectivity index (χ3n) is 4.09. The molecule has 1 atom stereocenters. The Hall–Kier alpha value is -1.15. The Labute approximate surface area is 103 Å². The van der Waals surface area contributed by atoms with Gasteiger partial charge in [-0.15, -0.1) is 0 Å². The molecule has 17 heavy (non-hydrogen) atoms. The molecule has 0 spiro atoms. The molecule has 2 bridgehead atoms. The molecule has 0 radical (unpaired) electrons. The first-order valence-corrected chi connectivity index (χ1v) is 6.67. The molecule has 0 aliphatic carbocycles. The molecular weight excluding hydrogens is 210 g/mol. The quantitative estimate of drug-likeness (QED) is 0.762. The van der Waals surface area contributed by atoms with E-state index in [2.05, 4.69) is 42.2 Å². The molecule has 90 valence electrons. The van der Waals surface area contributed by atoms with Crippen molar-refractivity contribution >= 4 is 5.71 Å². The van der Waals surface area contributed by atoms with Gasteiger partial charge in [0.15, 0.2) is 0 Å². The van der Waals surface area contributed by atoms with Gasteiger partial charge in [-0.1, -0.05) is 30.3 Å². The lowest BCUT2D eigenvalue weighted by Crippen LogP contribution is -2.48. The van der Waals surface area contributed by atoms with Crippen LogP contribution in [0.1, 0.15) is 31.4 Å². The van der Waals surface area contributed by atoms with Crippen LogP contribution in [0.4, 0.5) is 0 Å². The standard InChI is InChI=1S/C15H20N2/c1-12(13-5-3-2-4-6-13)16-15-11-17-9-7-14(15)8-10-17/h2-6,12,14H,7-11H2,1H3/t12-/m1/s1/i15+2. The summed E-state index contributed by atoms with van der Waals surface area (Å²) < 4.78 is 0. The molecule has 2 heteroatoms. The molecule has 0 unspecified atom stereocenters. The normalized spacial score (nSPS) is 31.7. The van der Waals surface area contributed by atoms with Crippen molar-refractivity contribution < 1.29 is 0 Å². The van der Waals surface area contributed by atoms with Crippen LogP contribution in [-0.4, -0.2) is 30.2 Å². The number of fused-ring (bicyclic) bond motifs is 3. The van der Waals surface area contributed by atoms with Crippen molar-refractivity contribution in [3.8, 4) is 0 Å². The van der Waals surface area contributed by atoms with Crippen molar-refractivity contribution in [2.75, 3.05) is 19.6 Å². The molecular formula is C15H20N2. The summed E-state index contributed by atoms with van der Waals surface area (Å²) in [7, 11) is 0. The largest absolute Gasteiger partial charge is 0.298 e. The van der Waals surface area contributed by atoms with E-state index in [0.29, 0.717) is 6.04 Å². The maximum Gasteiger partial charge on any atom is 0.0720 e. The number of benzene rings is 1. The van der Waals surface area contributed by atoms with Crippen LogP contribution in [0, 0.1) is 5.92 Å². The summed E-state index contributed by atoms with van der Waals surface area (Å²) in [6.07, 6.45) is 2.64. The van der Waals surface area contributed by atoms with Crippen LogP contribution >= 0.6 is 0 Å². The van der Waals surface area contributed by atoms with Crippen molar-refractivity contribution in [2.24, 2.45) is 10.9 Å². The van der Waals surface area contributed by atoms with E-state index in [9.17, 15) is 0 Å². The van der Waals surface area contributed by atoms with Gasteiger partial charge in [0.25, 0.3) is 0 Å². The molecule has 3 saturated heterocycles. The SMILES string of the molecule is C[C@@H](N=[14C]1CN2CCC1CC2)c1ccccc1. The van der Waals surface area contributed by atoms with Gasteiger partial charge in [-0.05, 0) is 38.4 Å². The lowest BCUT2D eigenvalue weighted by molar-refractivity contribution is 0.199. The van der Waals surface area contributed by atoms with Gasteiger partial charge in [0.05, 0.1) is 6.04 Å². The Morgan fingerprint density at radius 2 is 1.94 bits per heavy atom. The molecule has 0 saturated carbocycles. The monoisotopic (exact) mass is 230 g/mol. The predicted molar refractivity (Wildman–Crippen MR) is 71.5 cm³/mol. The molecule has 0 N–H and O–H groups in total. The van der Waals surface area contributed by atoms with Gasteiger partial charge in [-0.2, -0.15) is 0 Å². The summed E-state index contributed by atoms with van der Waals surface area (Å²) in [6.45, 7) is 5.88. The molecule has 0 aromatic heterocycles. The number of nitrogens with zero attached hydrogens (tertiary/aromatic N) is 2. The average Bonchev–Trinajstić information content (AvgIpc) is 2.41. The molecule has 1 aromatic carbocycles. The molecule has 3 aliphatic heterocycles. The highest BCUT2D eigenvalue weighted by atomic mass is 15.4. The minimum atomic E-state index is 0.312. The second-order valence-corrected chi connectivity index (χ2v) is 5.26. The van der Waals surface area contributed by atoms with Crippen molar-refractivity contribution in [3.05, 3.63) is 35.9 Å². The van der Waals surface area contributed by atoms with Crippen LogP contribution in [0.25, 0.3) is 0 Å². The lowest BCUT2D eigenvalue weighted by Gasteiger charge is -2.40. The second kappa shape index (κ2) is 4.61. The van der Waals surface area contributed by atoms with Crippen molar-refractivity contribution in [1.82, 2.24) is 4.90 Å². The zero-order valence-corrected chi connectivity index (χ0v) is 10.5. The zero-order valence-electron chi connectivity index (χ0n) is 10.5. The van der Waals surface area contributed by atoms with E-state index in [1.807, 2.05) is 0 Å². The van der Waals surface area contributed by atoms with Gasteiger partial charge in [0.1, 0.15) is 0 Å². The van der Waals surface area contributed by atoms with Gasteiger partial charge in [0.2, 0.25) is 0 Å². The van der Waals surface area contributed by atoms with Crippen LogP contribution in [0.2, 0.25) is 0 Å². The fourth-order valence-corrected chi connectivity index (χ4v) is 2.98. The Kier molecular flexibility index (Phi) is 2.98. The molecule has 1 aromatic rings. The fraction of sp³-hybridized carbons (Fsp3) is 0.533. The Bertz CT molecular complexity index is 402. The minimum Gasteiger partial charge on any atom is -0.298 e. The maximum absolute atomic E-state index is 4.96. The number of hydrogen-bond donors (Lipinski definition) is 0. The highest BCUT2D eigenvalue weighted by molar-refractivity contribution is 5.90. The fourth-order valence-electron chi connectivity index (χ4n) is 2.98. The minimum absolute atomic E-state index is 0.312. The van der Waals surface area contributed by atoms with Crippen LogP contribution in [0.3, 0.4) is 0 Å². The smallest absolute Gasteiger partial charge is 0.0720 e.